The molecule has 3 nitrogen and oxygen atoms in total. The Balaban J connectivity index is 1.97. The van der Waals surface area contributed by atoms with Crippen LogP contribution in [0.5, 0.6) is 0 Å². The highest BCUT2D eigenvalue weighted by Gasteiger charge is 2.41. The highest BCUT2D eigenvalue weighted by molar-refractivity contribution is 7.91. The molecule has 0 aromatic carbocycles. The van der Waals surface area contributed by atoms with E-state index in [0.717, 1.165) is 25.8 Å². The van der Waals surface area contributed by atoms with Gasteiger partial charge in [-0.15, -0.1) is 0 Å². The summed E-state index contributed by atoms with van der Waals surface area (Å²) in [4.78, 5) is 0. The minimum atomic E-state index is -3.03. The van der Waals surface area contributed by atoms with Crippen LogP contribution in [-0.4, -0.2) is 38.2 Å². The van der Waals surface area contributed by atoms with E-state index >= 15 is 4.39 Å². The van der Waals surface area contributed by atoms with E-state index in [9.17, 15) is 8.42 Å². The number of sulfone groups is 1. The van der Waals surface area contributed by atoms with Crippen molar-refractivity contribution in [1.29, 1.82) is 0 Å². The second-order valence-electron chi connectivity index (χ2n) is 6.94. The van der Waals surface area contributed by atoms with Crippen LogP contribution in [0.25, 0.3) is 0 Å². The Bertz CT molecular complexity index is 416. The van der Waals surface area contributed by atoms with Gasteiger partial charge in [0.2, 0.25) is 0 Å². The zero-order chi connectivity index (χ0) is 14.8. The summed E-state index contributed by atoms with van der Waals surface area (Å²) in [6.07, 6.45) is 8.06. The van der Waals surface area contributed by atoms with E-state index in [-0.39, 0.29) is 17.2 Å². The SMILES string of the molecule is CC(F)(CC1CCCCN1)C1CCCC(S(C)(=O)=O)C1. The molecule has 2 aliphatic rings. The number of piperidine rings is 1. The number of rotatable bonds is 4. The average Bonchev–Trinajstić information content (AvgIpc) is 2.38. The fourth-order valence-corrected chi connectivity index (χ4v) is 5.00. The van der Waals surface area contributed by atoms with Crippen molar-refractivity contribution in [3.63, 3.8) is 0 Å². The van der Waals surface area contributed by atoms with E-state index in [4.69, 9.17) is 0 Å². The Labute approximate surface area is 122 Å². The lowest BCUT2D eigenvalue weighted by Gasteiger charge is -2.39. The van der Waals surface area contributed by atoms with E-state index < -0.39 is 15.5 Å². The topological polar surface area (TPSA) is 46.2 Å². The Morgan fingerprint density at radius 1 is 1.20 bits per heavy atom. The van der Waals surface area contributed by atoms with Gasteiger partial charge in [-0.2, -0.15) is 0 Å². The van der Waals surface area contributed by atoms with Crippen LogP contribution in [0, 0.1) is 5.92 Å². The number of hydrogen-bond acceptors (Lipinski definition) is 3. The highest BCUT2D eigenvalue weighted by Crippen LogP contribution is 2.40. The second-order valence-corrected chi connectivity index (χ2v) is 9.27. The van der Waals surface area contributed by atoms with Crippen LogP contribution in [0.4, 0.5) is 4.39 Å². The van der Waals surface area contributed by atoms with Crippen molar-refractivity contribution in [2.45, 2.75) is 75.3 Å². The van der Waals surface area contributed by atoms with Gasteiger partial charge < -0.3 is 5.32 Å². The molecule has 0 spiro atoms. The fourth-order valence-electron chi connectivity index (χ4n) is 3.83. The molecule has 0 aromatic rings. The monoisotopic (exact) mass is 305 g/mol. The van der Waals surface area contributed by atoms with Crippen molar-refractivity contribution in [2.24, 2.45) is 5.92 Å². The summed E-state index contributed by atoms with van der Waals surface area (Å²) in [5, 5.41) is 3.06. The van der Waals surface area contributed by atoms with Crippen molar-refractivity contribution in [3.05, 3.63) is 0 Å². The maximum atomic E-state index is 15.1. The summed E-state index contributed by atoms with van der Waals surface area (Å²) in [6.45, 7) is 2.66. The summed E-state index contributed by atoms with van der Waals surface area (Å²) >= 11 is 0. The van der Waals surface area contributed by atoms with E-state index in [1.165, 1.54) is 19.1 Å². The molecule has 0 amide bonds. The number of hydrogen-bond donors (Lipinski definition) is 1. The molecule has 1 heterocycles. The molecule has 118 valence electrons. The van der Waals surface area contributed by atoms with Crippen LogP contribution in [0.2, 0.25) is 0 Å². The van der Waals surface area contributed by atoms with Gasteiger partial charge in [-0.25, -0.2) is 12.8 Å². The van der Waals surface area contributed by atoms with Gasteiger partial charge >= 0.3 is 0 Å². The van der Waals surface area contributed by atoms with Crippen molar-refractivity contribution < 1.29 is 12.8 Å². The average molecular weight is 305 g/mol. The van der Waals surface area contributed by atoms with Crippen molar-refractivity contribution in [1.82, 2.24) is 5.32 Å². The Morgan fingerprint density at radius 3 is 2.55 bits per heavy atom. The molecule has 2 rings (SSSR count). The lowest BCUT2D eigenvalue weighted by Crippen LogP contribution is -2.44. The Morgan fingerprint density at radius 2 is 1.95 bits per heavy atom. The summed E-state index contributed by atoms with van der Waals surface area (Å²) in [5.41, 5.74) is -1.25. The van der Waals surface area contributed by atoms with Crippen LogP contribution < -0.4 is 5.32 Å². The predicted molar refractivity (Wildman–Crippen MR) is 80.4 cm³/mol. The lowest BCUT2D eigenvalue weighted by atomic mass is 9.75. The van der Waals surface area contributed by atoms with Crippen molar-refractivity contribution >= 4 is 9.84 Å². The van der Waals surface area contributed by atoms with Gasteiger partial charge in [0.05, 0.1) is 5.25 Å². The molecule has 2 fully saturated rings. The van der Waals surface area contributed by atoms with E-state index in [1.807, 2.05) is 0 Å². The zero-order valence-electron chi connectivity index (χ0n) is 12.7. The molecule has 1 aliphatic carbocycles. The standard InChI is InChI=1S/C15H28FNO2S/c1-15(16,11-13-7-3-4-9-17-13)12-6-5-8-14(10-12)20(2,18)19/h12-14,17H,3-11H2,1-2H3. The van der Waals surface area contributed by atoms with Crippen molar-refractivity contribution in [3.8, 4) is 0 Å². The first-order chi connectivity index (χ1) is 9.29. The van der Waals surface area contributed by atoms with Crippen LogP contribution in [0.1, 0.15) is 58.3 Å². The summed E-state index contributed by atoms with van der Waals surface area (Å²) in [5.74, 6) is -0.111. The molecule has 1 saturated carbocycles. The molecule has 1 N–H and O–H groups in total. The maximum Gasteiger partial charge on any atom is 0.150 e. The molecular weight excluding hydrogens is 277 g/mol. The maximum absolute atomic E-state index is 15.1. The van der Waals surface area contributed by atoms with Gasteiger partial charge in [-0.3, -0.25) is 0 Å². The summed E-state index contributed by atoms with van der Waals surface area (Å²) < 4.78 is 38.5. The number of halogens is 1. The molecule has 1 saturated heterocycles. The first kappa shape index (κ1) is 16.2. The molecule has 1 aliphatic heterocycles. The third-order valence-corrected chi connectivity index (χ3v) is 6.78. The Kier molecular flexibility index (Phi) is 5.11. The highest BCUT2D eigenvalue weighted by atomic mass is 32.2. The summed E-state index contributed by atoms with van der Waals surface area (Å²) in [6, 6.07) is 0.261. The largest absolute Gasteiger partial charge is 0.314 e. The first-order valence-electron chi connectivity index (χ1n) is 7.90. The van der Waals surface area contributed by atoms with Crippen LogP contribution >= 0.6 is 0 Å². The van der Waals surface area contributed by atoms with Gasteiger partial charge in [0.25, 0.3) is 0 Å². The number of alkyl halides is 1. The molecule has 5 heteroatoms. The van der Waals surface area contributed by atoms with E-state index in [0.29, 0.717) is 19.3 Å². The lowest BCUT2D eigenvalue weighted by molar-refractivity contribution is 0.0521. The van der Waals surface area contributed by atoms with E-state index in [2.05, 4.69) is 5.32 Å². The number of nitrogens with one attached hydrogen (secondary N) is 1. The predicted octanol–water partition coefficient (Wildman–Crippen LogP) is 2.85. The summed E-state index contributed by atoms with van der Waals surface area (Å²) in [7, 11) is -3.03. The third kappa shape index (κ3) is 4.17. The smallest absolute Gasteiger partial charge is 0.150 e. The Hall–Kier alpha value is -0.160. The van der Waals surface area contributed by atoms with Crippen molar-refractivity contribution in [2.75, 3.05) is 12.8 Å². The minimum absolute atomic E-state index is 0.111. The molecule has 4 atom stereocenters. The van der Waals surface area contributed by atoms with Crippen LogP contribution in [-0.2, 0) is 9.84 Å². The molecule has 0 aromatic heterocycles. The quantitative estimate of drug-likeness (QED) is 0.869. The molecule has 20 heavy (non-hydrogen) atoms. The molecule has 4 unspecified atom stereocenters. The van der Waals surface area contributed by atoms with Gasteiger partial charge in [-0.05, 0) is 57.9 Å². The minimum Gasteiger partial charge on any atom is -0.314 e. The van der Waals surface area contributed by atoms with Gasteiger partial charge in [0, 0.05) is 12.3 Å². The zero-order valence-corrected chi connectivity index (χ0v) is 13.5. The van der Waals surface area contributed by atoms with E-state index in [1.54, 1.807) is 6.92 Å². The third-order valence-electron chi connectivity index (χ3n) is 5.14. The molecular formula is C15H28FNO2S. The fraction of sp³-hybridized carbons (Fsp3) is 1.00. The van der Waals surface area contributed by atoms with Gasteiger partial charge in [0.15, 0.2) is 0 Å². The molecule has 0 bridgehead atoms. The van der Waals surface area contributed by atoms with Crippen LogP contribution in [0.15, 0.2) is 0 Å². The second kappa shape index (κ2) is 6.30. The van der Waals surface area contributed by atoms with Gasteiger partial charge in [-0.1, -0.05) is 12.8 Å². The van der Waals surface area contributed by atoms with Crippen LogP contribution in [0.3, 0.4) is 0 Å². The first-order valence-corrected chi connectivity index (χ1v) is 9.85. The molecule has 0 radical (unpaired) electrons. The van der Waals surface area contributed by atoms with Gasteiger partial charge in [0.1, 0.15) is 15.5 Å². The normalized spacial score (nSPS) is 35.5.